The van der Waals surface area contributed by atoms with Crippen LogP contribution in [0.3, 0.4) is 0 Å². The number of nitrogens with one attached hydrogen (secondary N) is 1. The molecule has 0 bridgehead atoms. The number of hydrogen-bond acceptors (Lipinski definition) is 4. The molecule has 1 N–H and O–H groups in total. The van der Waals surface area contributed by atoms with Crippen molar-refractivity contribution < 1.29 is 18.0 Å². The largest absolute Gasteiger partial charge is 0.352 e. The smallest absolute Gasteiger partial charge is 0.264 e. The molecular weight excluding hydrogens is 557 g/mol. The average molecular weight is 591 g/mol. The molecule has 0 heterocycles. The molecule has 3 aromatic carbocycles. The Morgan fingerprint density at radius 1 is 0.897 bits per heavy atom. The van der Waals surface area contributed by atoms with Crippen molar-refractivity contribution in [2.45, 2.75) is 57.6 Å². The molecule has 0 saturated heterocycles. The predicted molar refractivity (Wildman–Crippen MR) is 157 cm³/mol. The zero-order valence-corrected chi connectivity index (χ0v) is 24.7. The van der Waals surface area contributed by atoms with Gasteiger partial charge in [0.1, 0.15) is 12.6 Å². The molecule has 0 aliphatic carbocycles. The predicted octanol–water partition coefficient (Wildman–Crippen LogP) is 5.83. The van der Waals surface area contributed by atoms with Crippen molar-refractivity contribution >= 4 is 50.7 Å². The molecular formula is C29H33Cl2N3O4S. The van der Waals surface area contributed by atoms with Crippen molar-refractivity contribution in [3.05, 3.63) is 94.0 Å². The van der Waals surface area contributed by atoms with Crippen molar-refractivity contribution in [2.75, 3.05) is 10.8 Å². The Kier molecular flexibility index (Phi) is 10.4. The summed E-state index contributed by atoms with van der Waals surface area (Å²) in [7, 11) is -4.16. The number of rotatable bonds is 11. The molecule has 2 atom stereocenters. The van der Waals surface area contributed by atoms with Crippen LogP contribution in [0.1, 0.15) is 38.3 Å². The molecule has 208 valence electrons. The molecule has 7 nitrogen and oxygen atoms in total. The van der Waals surface area contributed by atoms with Crippen LogP contribution in [0.5, 0.6) is 0 Å². The van der Waals surface area contributed by atoms with Crippen molar-refractivity contribution in [2.24, 2.45) is 0 Å². The maximum absolute atomic E-state index is 13.9. The third-order valence-corrected chi connectivity index (χ3v) is 8.78. The number of hydrogen-bond donors (Lipinski definition) is 1. The molecule has 10 heteroatoms. The summed E-state index contributed by atoms with van der Waals surface area (Å²) in [4.78, 5) is 28.4. The van der Waals surface area contributed by atoms with Crippen LogP contribution in [0.4, 0.5) is 5.69 Å². The van der Waals surface area contributed by atoms with Crippen LogP contribution in [0.15, 0.2) is 77.7 Å². The number of nitrogens with zero attached hydrogens (tertiary/aromatic N) is 2. The van der Waals surface area contributed by atoms with Gasteiger partial charge in [-0.3, -0.25) is 13.9 Å². The maximum atomic E-state index is 13.9. The molecule has 0 spiro atoms. The minimum atomic E-state index is -4.16. The first kappa shape index (κ1) is 30.5. The van der Waals surface area contributed by atoms with Gasteiger partial charge in [0.25, 0.3) is 10.0 Å². The normalized spacial score (nSPS) is 12.9. The third kappa shape index (κ3) is 7.75. The Balaban J connectivity index is 2.03. The molecule has 3 rings (SSSR count). The molecule has 2 amide bonds. The summed E-state index contributed by atoms with van der Waals surface area (Å²) in [6.45, 7) is 6.83. The summed E-state index contributed by atoms with van der Waals surface area (Å²) in [6.07, 6.45) is 0.726. The number of para-hydroxylation sites is 1. The van der Waals surface area contributed by atoms with E-state index in [9.17, 15) is 18.0 Å². The summed E-state index contributed by atoms with van der Waals surface area (Å²) >= 11 is 12.0. The first-order valence-electron chi connectivity index (χ1n) is 12.6. The van der Waals surface area contributed by atoms with Crippen LogP contribution in [-0.4, -0.2) is 43.8 Å². The van der Waals surface area contributed by atoms with Crippen molar-refractivity contribution in [3.63, 3.8) is 0 Å². The van der Waals surface area contributed by atoms with E-state index in [1.807, 2.05) is 13.8 Å². The fourth-order valence-electron chi connectivity index (χ4n) is 3.93. The lowest BCUT2D eigenvalue weighted by atomic mass is 10.1. The molecule has 0 radical (unpaired) electrons. The standard InChI is InChI=1S/C29H33Cl2N3O4S/c1-5-21(3)32-29(36)22(4)33(18-23-10-12-24(30)13-11-23)28(35)19-34(27-9-7-6-8-20(27)2)39(37,38)26-16-14-25(31)15-17-26/h6-17,21-22H,5,18-19H2,1-4H3,(H,32,36)/t21-,22+/m0/s1. The SMILES string of the molecule is CC[C@H](C)NC(=O)[C@@H](C)N(Cc1ccc(Cl)cc1)C(=O)CN(c1ccccc1C)S(=O)(=O)c1ccc(Cl)cc1. The monoisotopic (exact) mass is 589 g/mol. The van der Waals surface area contributed by atoms with Gasteiger partial charge < -0.3 is 10.2 Å². The number of halogens is 2. The van der Waals surface area contributed by atoms with Gasteiger partial charge in [0.05, 0.1) is 10.6 Å². The summed E-state index contributed by atoms with van der Waals surface area (Å²) in [6, 6.07) is 18.7. The van der Waals surface area contributed by atoms with Gasteiger partial charge >= 0.3 is 0 Å². The van der Waals surface area contributed by atoms with Gasteiger partial charge in [0, 0.05) is 22.6 Å². The summed E-state index contributed by atoms with van der Waals surface area (Å²) in [5, 5.41) is 3.85. The second-order valence-electron chi connectivity index (χ2n) is 9.39. The first-order valence-corrected chi connectivity index (χ1v) is 14.8. The zero-order chi connectivity index (χ0) is 28.7. The highest BCUT2D eigenvalue weighted by molar-refractivity contribution is 7.92. The van der Waals surface area contributed by atoms with Crippen LogP contribution in [0, 0.1) is 6.92 Å². The molecule has 0 aliphatic rings. The fourth-order valence-corrected chi connectivity index (χ4v) is 5.66. The molecule has 0 unspecified atom stereocenters. The van der Waals surface area contributed by atoms with E-state index < -0.39 is 28.5 Å². The minimum absolute atomic E-state index is 0.00485. The highest BCUT2D eigenvalue weighted by Crippen LogP contribution is 2.28. The number of benzene rings is 3. The number of sulfonamides is 1. The van der Waals surface area contributed by atoms with Crippen LogP contribution < -0.4 is 9.62 Å². The van der Waals surface area contributed by atoms with E-state index in [0.717, 1.165) is 16.3 Å². The van der Waals surface area contributed by atoms with Gasteiger partial charge in [-0.2, -0.15) is 0 Å². The minimum Gasteiger partial charge on any atom is -0.352 e. The molecule has 3 aromatic rings. The van der Waals surface area contributed by atoms with Crippen LogP contribution in [-0.2, 0) is 26.2 Å². The van der Waals surface area contributed by atoms with Gasteiger partial charge in [-0.15, -0.1) is 0 Å². The lowest BCUT2D eigenvalue weighted by molar-refractivity contribution is -0.139. The number of carbonyl (C=O) groups excluding carboxylic acids is 2. The Morgan fingerprint density at radius 2 is 1.46 bits per heavy atom. The number of anilines is 1. The highest BCUT2D eigenvalue weighted by Gasteiger charge is 2.33. The highest BCUT2D eigenvalue weighted by atomic mass is 35.5. The van der Waals surface area contributed by atoms with Gasteiger partial charge in [-0.05, 0) is 80.8 Å². The van der Waals surface area contributed by atoms with E-state index >= 15 is 0 Å². The summed E-state index contributed by atoms with van der Waals surface area (Å²) in [5.41, 5.74) is 1.79. The lowest BCUT2D eigenvalue weighted by Crippen LogP contribution is -2.52. The van der Waals surface area contributed by atoms with Crippen molar-refractivity contribution in [1.82, 2.24) is 10.2 Å². The third-order valence-electron chi connectivity index (χ3n) is 6.50. The van der Waals surface area contributed by atoms with Crippen molar-refractivity contribution in [3.8, 4) is 0 Å². The van der Waals surface area contributed by atoms with E-state index in [1.165, 1.54) is 29.2 Å². The molecule has 0 saturated carbocycles. The zero-order valence-electron chi connectivity index (χ0n) is 22.4. The Morgan fingerprint density at radius 3 is 2.03 bits per heavy atom. The molecule has 0 aromatic heterocycles. The fraction of sp³-hybridized carbons (Fsp3) is 0.310. The number of carbonyl (C=O) groups is 2. The second kappa shape index (κ2) is 13.3. The molecule has 0 fully saturated rings. The summed E-state index contributed by atoms with van der Waals surface area (Å²) in [5.74, 6) is -0.854. The van der Waals surface area contributed by atoms with Crippen molar-refractivity contribution in [1.29, 1.82) is 0 Å². The van der Waals surface area contributed by atoms with Gasteiger partial charge in [-0.25, -0.2) is 8.42 Å². The first-order chi connectivity index (χ1) is 18.4. The van der Waals surface area contributed by atoms with E-state index in [4.69, 9.17) is 23.2 Å². The number of aryl methyl sites for hydroxylation is 1. The maximum Gasteiger partial charge on any atom is 0.264 e. The van der Waals surface area contributed by atoms with E-state index in [0.29, 0.717) is 21.3 Å². The van der Waals surface area contributed by atoms with E-state index in [-0.39, 0.29) is 23.4 Å². The Bertz CT molecular complexity index is 1400. The van der Waals surface area contributed by atoms with Crippen LogP contribution in [0.25, 0.3) is 0 Å². The second-order valence-corrected chi connectivity index (χ2v) is 12.1. The topological polar surface area (TPSA) is 86.8 Å². The summed E-state index contributed by atoms with van der Waals surface area (Å²) < 4.78 is 28.8. The van der Waals surface area contributed by atoms with Gasteiger partial charge in [0.2, 0.25) is 11.8 Å². The van der Waals surface area contributed by atoms with Crippen LogP contribution >= 0.6 is 23.2 Å². The lowest BCUT2D eigenvalue weighted by Gasteiger charge is -2.33. The molecule has 0 aliphatic heterocycles. The number of amides is 2. The van der Waals surface area contributed by atoms with Gasteiger partial charge in [-0.1, -0.05) is 60.5 Å². The Hall–Kier alpha value is -3.07. The average Bonchev–Trinajstić information content (AvgIpc) is 2.91. The van der Waals surface area contributed by atoms with E-state index in [2.05, 4.69) is 5.32 Å². The van der Waals surface area contributed by atoms with E-state index in [1.54, 1.807) is 62.4 Å². The van der Waals surface area contributed by atoms with Gasteiger partial charge in [0.15, 0.2) is 0 Å². The Labute approximate surface area is 240 Å². The quantitative estimate of drug-likeness (QED) is 0.305. The molecule has 39 heavy (non-hydrogen) atoms. The van der Waals surface area contributed by atoms with Crippen LogP contribution in [0.2, 0.25) is 10.0 Å².